The Morgan fingerprint density at radius 2 is 1.69 bits per heavy atom. The van der Waals surface area contributed by atoms with Crippen molar-refractivity contribution in [3.63, 3.8) is 0 Å². The summed E-state index contributed by atoms with van der Waals surface area (Å²) in [6, 6.07) is 14.8. The third-order valence-corrected chi connectivity index (χ3v) is 6.62. The second-order valence-electron chi connectivity index (χ2n) is 6.77. The SMILES string of the molecule is CCc1ccccc1Nc1ncc(-c2cccc(Nc3nc(C)cs3)c2CC)s1. The van der Waals surface area contributed by atoms with Gasteiger partial charge in [0.2, 0.25) is 0 Å². The molecule has 0 aliphatic rings. The number of nitrogens with one attached hydrogen (secondary N) is 2. The molecular weight excluding hydrogens is 396 g/mol. The number of aromatic nitrogens is 2. The topological polar surface area (TPSA) is 49.8 Å². The average molecular weight is 421 g/mol. The molecule has 4 rings (SSSR count). The number of hydrogen-bond acceptors (Lipinski definition) is 6. The van der Waals surface area contributed by atoms with Gasteiger partial charge in [0, 0.05) is 23.0 Å². The van der Waals surface area contributed by atoms with Gasteiger partial charge in [-0.1, -0.05) is 55.5 Å². The van der Waals surface area contributed by atoms with E-state index in [1.807, 2.05) is 13.1 Å². The Bertz CT molecular complexity index is 1110. The Labute approximate surface area is 179 Å². The van der Waals surface area contributed by atoms with Crippen LogP contribution in [0.4, 0.5) is 21.6 Å². The van der Waals surface area contributed by atoms with E-state index in [4.69, 9.17) is 0 Å². The fourth-order valence-corrected chi connectivity index (χ4v) is 4.95. The third-order valence-electron chi connectivity index (χ3n) is 4.80. The summed E-state index contributed by atoms with van der Waals surface area (Å²) in [4.78, 5) is 10.3. The first-order chi connectivity index (χ1) is 14.2. The first-order valence-corrected chi connectivity index (χ1v) is 11.5. The van der Waals surface area contributed by atoms with E-state index in [-0.39, 0.29) is 0 Å². The molecule has 0 amide bonds. The van der Waals surface area contributed by atoms with Crippen molar-refractivity contribution in [2.45, 2.75) is 33.6 Å². The highest BCUT2D eigenvalue weighted by atomic mass is 32.1. The van der Waals surface area contributed by atoms with Crippen molar-refractivity contribution in [3.05, 3.63) is 70.9 Å². The maximum Gasteiger partial charge on any atom is 0.187 e. The van der Waals surface area contributed by atoms with Crippen molar-refractivity contribution in [1.82, 2.24) is 9.97 Å². The van der Waals surface area contributed by atoms with Gasteiger partial charge in [-0.15, -0.1) is 11.3 Å². The van der Waals surface area contributed by atoms with Crippen LogP contribution in [0.2, 0.25) is 0 Å². The van der Waals surface area contributed by atoms with Crippen molar-refractivity contribution in [2.75, 3.05) is 10.6 Å². The fourth-order valence-electron chi connectivity index (χ4n) is 3.36. The largest absolute Gasteiger partial charge is 0.331 e. The second kappa shape index (κ2) is 8.76. The molecule has 0 spiro atoms. The lowest BCUT2D eigenvalue weighted by atomic mass is 10.0. The smallest absolute Gasteiger partial charge is 0.187 e. The average Bonchev–Trinajstić information content (AvgIpc) is 3.37. The van der Waals surface area contributed by atoms with Crippen LogP contribution >= 0.6 is 22.7 Å². The summed E-state index contributed by atoms with van der Waals surface area (Å²) < 4.78 is 0. The van der Waals surface area contributed by atoms with E-state index in [0.29, 0.717) is 0 Å². The number of anilines is 4. The Balaban J connectivity index is 1.62. The predicted octanol–water partition coefficient (Wildman–Crippen LogP) is 7.19. The number of aryl methyl sites for hydroxylation is 2. The Morgan fingerprint density at radius 1 is 0.897 bits per heavy atom. The van der Waals surface area contributed by atoms with Crippen molar-refractivity contribution in [1.29, 1.82) is 0 Å². The summed E-state index contributed by atoms with van der Waals surface area (Å²) >= 11 is 3.32. The molecule has 2 aromatic carbocycles. The molecule has 0 aliphatic carbocycles. The van der Waals surface area contributed by atoms with Gasteiger partial charge in [0.05, 0.1) is 10.6 Å². The van der Waals surface area contributed by atoms with E-state index >= 15 is 0 Å². The van der Waals surface area contributed by atoms with Crippen molar-refractivity contribution in [3.8, 4) is 10.4 Å². The van der Waals surface area contributed by atoms with Gasteiger partial charge in [-0.3, -0.25) is 0 Å². The van der Waals surface area contributed by atoms with Gasteiger partial charge < -0.3 is 10.6 Å². The van der Waals surface area contributed by atoms with Crippen molar-refractivity contribution >= 4 is 44.3 Å². The molecule has 4 aromatic rings. The third kappa shape index (κ3) is 4.33. The minimum Gasteiger partial charge on any atom is -0.331 e. The zero-order valence-corrected chi connectivity index (χ0v) is 18.5. The Hall–Kier alpha value is -2.70. The van der Waals surface area contributed by atoms with Crippen LogP contribution < -0.4 is 10.6 Å². The molecule has 2 N–H and O–H groups in total. The minimum absolute atomic E-state index is 0.914. The summed E-state index contributed by atoms with van der Waals surface area (Å²) in [5.74, 6) is 0. The molecule has 148 valence electrons. The van der Waals surface area contributed by atoms with E-state index in [1.165, 1.54) is 16.7 Å². The van der Waals surface area contributed by atoms with E-state index in [9.17, 15) is 0 Å². The molecule has 29 heavy (non-hydrogen) atoms. The molecule has 2 heterocycles. The summed E-state index contributed by atoms with van der Waals surface area (Å²) in [6.07, 6.45) is 3.89. The molecule has 4 nitrogen and oxygen atoms in total. The van der Waals surface area contributed by atoms with Crippen LogP contribution in [-0.4, -0.2) is 9.97 Å². The van der Waals surface area contributed by atoms with Gasteiger partial charge in [0.1, 0.15) is 0 Å². The quantitative estimate of drug-likeness (QED) is 0.332. The minimum atomic E-state index is 0.914. The summed E-state index contributed by atoms with van der Waals surface area (Å²) in [5.41, 5.74) is 7.07. The monoisotopic (exact) mass is 420 g/mol. The highest BCUT2D eigenvalue weighted by Crippen LogP contribution is 2.37. The molecule has 0 fully saturated rings. The lowest BCUT2D eigenvalue weighted by Gasteiger charge is -2.13. The van der Waals surface area contributed by atoms with E-state index < -0.39 is 0 Å². The van der Waals surface area contributed by atoms with E-state index in [0.717, 1.165) is 45.1 Å². The first kappa shape index (κ1) is 19.6. The van der Waals surface area contributed by atoms with E-state index in [2.05, 4.69) is 82.3 Å². The molecule has 0 atom stereocenters. The summed E-state index contributed by atoms with van der Waals surface area (Å²) in [5, 5.41) is 10.9. The van der Waals surface area contributed by atoms with E-state index in [1.54, 1.807) is 22.7 Å². The zero-order chi connectivity index (χ0) is 20.2. The van der Waals surface area contributed by atoms with Gasteiger partial charge in [-0.05, 0) is 48.6 Å². The van der Waals surface area contributed by atoms with Crippen molar-refractivity contribution < 1.29 is 0 Å². The first-order valence-electron chi connectivity index (χ1n) is 9.80. The molecule has 2 aromatic heterocycles. The molecule has 0 bridgehead atoms. The fraction of sp³-hybridized carbons (Fsp3) is 0.217. The molecule has 0 saturated heterocycles. The normalized spacial score (nSPS) is 10.9. The molecule has 6 heteroatoms. The van der Waals surface area contributed by atoms with Gasteiger partial charge in [0.15, 0.2) is 10.3 Å². The highest BCUT2D eigenvalue weighted by molar-refractivity contribution is 7.19. The molecule has 0 unspecified atom stereocenters. The lowest BCUT2D eigenvalue weighted by Crippen LogP contribution is -1.97. The van der Waals surface area contributed by atoms with Crippen LogP contribution in [0.1, 0.15) is 30.7 Å². The van der Waals surface area contributed by atoms with Crippen LogP contribution in [0.25, 0.3) is 10.4 Å². The molecule has 0 saturated carbocycles. The number of benzene rings is 2. The number of hydrogen-bond donors (Lipinski definition) is 2. The zero-order valence-electron chi connectivity index (χ0n) is 16.8. The van der Waals surface area contributed by atoms with Crippen LogP contribution in [0, 0.1) is 6.92 Å². The molecule has 0 aliphatic heterocycles. The highest BCUT2D eigenvalue weighted by Gasteiger charge is 2.13. The van der Waals surface area contributed by atoms with Gasteiger partial charge >= 0.3 is 0 Å². The Kier molecular flexibility index (Phi) is 5.92. The Morgan fingerprint density at radius 3 is 2.45 bits per heavy atom. The molecule has 0 radical (unpaired) electrons. The van der Waals surface area contributed by atoms with Crippen molar-refractivity contribution in [2.24, 2.45) is 0 Å². The number of nitrogens with zero attached hydrogens (tertiary/aromatic N) is 2. The second-order valence-corrected chi connectivity index (χ2v) is 8.66. The van der Waals surface area contributed by atoms with Gasteiger partial charge in [0.25, 0.3) is 0 Å². The van der Waals surface area contributed by atoms with Gasteiger partial charge in [-0.25, -0.2) is 9.97 Å². The maximum atomic E-state index is 4.63. The number of para-hydroxylation sites is 1. The summed E-state index contributed by atoms with van der Waals surface area (Å²) in [7, 11) is 0. The maximum absolute atomic E-state index is 4.63. The molecular formula is C23H24N4S2. The lowest BCUT2D eigenvalue weighted by molar-refractivity contribution is 1.14. The summed E-state index contributed by atoms with van der Waals surface area (Å²) in [6.45, 7) is 6.37. The van der Waals surface area contributed by atoms with Crippen LogP contribution in [0.5, 0.6) is 0 Å². The predicted molar refractivity (Wildman–Crippen MR) is 126 cm³/mol. The number of thiazole rings is 2. The van der Waals surface area contributed by atoms with Crippen LogP contribution in [0.15, 0.2) is 54.0 Å². The number of rotatable bonds is 7. The van der Waals surface area contributed by atoms with Crippen LogP contribution in [0.3, 0.4) is 0 Å². The standard InChI is InChI=1S/C23H24N4S2/c1-4-16-9-6-7-11-19(16)26-22-24-13-21(29-22)18-10-8-12-20(17(18)5-2)27-23-25-15(3)14-28-23/h6-14H,4-5H2,1-3H3,(H,24,26)(H,25,27). The van der Waals surface area contributed by atoms with Gasteiger partial charge in [-0.2, -0.15) is 0 Å². The van der Waals surface area contributed by atoms with Crippen LogP contribution in [-0.2, 0) is 12.8 Å².